The third-order valence-corrected chi connectivity index (χ3v) is 7.23. The molecule has 39 heavy (non-hydrogen) atoms. The molecular formula is C28H34N3O7P. The lowest BCUT2D eigenvalue weighted by molar-refractivity contribution is -0.145. The van der Waals surface area contributed by atoms with Crippen molar-refractivity contribution in [1.29, 1.82) is 0 Å². The van der Waals surface area contributed by atoms with E-state index in [9.17, 15) is 14.4 Å². The molecule has 4 rings (SSSR count). The lowest BCUT2D eigenvalue weighted by Crippen LogP contribution is -2.33. The predicted octanol–water partition coefficient (Wildman–Crippen LogP) is 3.91. The number of ether oxygens (including phenoxy) is 2. The number of carbonyl (C=O) groups is 1. The Morgan fingerprint density at radius 3 is 2.62 bits per heavy atom. The van der Waals surface area contributed by atoms with Crippen LogP contribution in [0.2, 0.25) is 0 Å². The van der Waals surface area contributed by atoms with Crippen LogP contribution in [0.1, 0.15) is 44.5 Å². The van der Waals surface area contributed by atoms with Gasteiger partial charge in [0.15, 0.2) is 0 Å². The molecule has 1 aromatic heterocycles. The standard InChI is InChI=1S/C28H34N3O7P/c1-19(2)36-26(33)17-29-39(38-24-12-8-7-11-22(24)16-21-9-5-4-6-10-21)35-18-23-15-20(3)27(37-23)31-14-13-25(32)30-28(31)34/h4-14,19-20,23,27,29H,15-18H2,1-3H3,(H,30,32,34). The Morgan fingerprint density at radius 2 is 1.87 bits per heavy atom. The van der Waals surface area contributed by atoms with Gasteiger partial charge in [-0.2, -0.15) is 0 Å². The average molecular weight is 556 g/mol. The second-order valence-electron chi connectivity index (χ2n) is 9.67. The zero-order chi connectivity index (χ0) is 27.8. The number of carbonyl (C=O) groups excluding carboxylic acids is 1. The summed E-state index contributed by atoms with van der Waals surface area (Å²) in [6.45, 7) is 5.65. The molecule has 11 heteroatoms. The van der Waals surface area contributed by atoms with E-state index in [2.05, 4.69) is 22.2 Å². The quantitative estimate of drug-likeness (QED) is 0.255. The zero-order valence-electron chi connectivity index (χ0n) is 22.2. The molecule has 2 heterocycles. The molecule has 1 aliphatic rings. The number of H-pyrrole nitrogens is 1. The first-order valence-electron chi connectivity index (χ1n) is 12.9. The Hall–Kier alpha value is -3.30. The first-order valence-corrected chi connectivity index (χ1v) is 14.1. The number of esters is 1. The monoisotopic (exact) mass is 555 g/mol. The maximum Gasteiger partial charge on any atom is 0.330 e. The Labute approximate surface area is 228 Å². The number of nitrogens with zero attached hydrogens (tertiary/aromatic N) is 1. The minimum Gasteiger partial charge on any atom is -0.462 e. The molecule has 1 aliphatic heterocycles. The zero-order valence-corrected chi connectivity index (χ0v) is 23.1. The van der Waals surface area contributed by atoms with Crippen molar-refractivity contribution in [3.05, 3.63) is 98.8 Å². The van der Waals surface area contributed by atoms with Gasteiger partial charge in [0.2, 0.25) is 0 Å². The second kappa shape index (κ2) is 13.7. The van der Waals surface area contributed by atoms with Crippen LogP contribution in [-0.4, -0.2) is 40.9 Å². The van der Waals surface area contributed by atoms with Crippen LogP contribution in [0.5, 0.6) is 5.75 Å². The molecule has 1 fully saturated rings. The summed E-state index contributed by atoms with van der Waals surface area (Å²) < 4.78 is 25.1. The normalized spacial score (nSPS) is 19.6. The van der Waals surface area contributed by atoms with E-state index in [0.29, 0.717) is 18.6 Å². The van der Waals surface area contributed by atoms with E-state index in [0.717, 1.165) is 11.1 Å². The van der Waals surface area contributed by atoms with Crippen molar-refractivity contribution in [2.45, 2.75) is 52.0 Å². The molecule has 2 aromatic carbocycles. The molecule has 0 radical (unpaired) electrons. The molecule has 0 amide bonds. The fourth-order valence-corrected chi connectivity index (χ4v) is 5.45. The van der Waals surface area contributed by atoms with E-state index >= 15 is 0 Å². The highest BCUT2D eigenvalue weighted by atomic mass is 31.2. The van der Waals surface area contributed by atoms with Gasteiger partial charge in [0.05, 0.1) is 18.8 Å². The van der Waals surface area contributed by atoms with Gasteiger partial charge in [0.25, 0.3) is 5.56 Å². The fourth-order valence-electron chi connectivity index (χ4n) is 4.33. The minimum absolute atomic E-state index is 0.00919. The van der Waals surface area contributed by atoms with Gasteiger partial charge < -0.3 is 18.5 Å². The van der Waals surface area contributed by atoms with Crippen LogP contribution in [0.15, 0.2) is 76.4 Å². The maximum absolute atomic E-state index is 12.3. The van der Waals surface area contributed by atoms with E-state index in [1.165, 1.54) is 16.8 Å². The van der Waals surface area contributed by atoms with Gasteiger partial charge >= 0.3 is 20.2 Å². The molecule has 208 valence electrons. The number of rotatable bonds is 12. The van der Waals surface area contributed by atoms with Crippen LogP contribution in [0.3, 0.4) is 0 Å². The Kier molecular flexibility index (Phi) is 10.1. The molecular weight excluding hydrogens is 521 g/mol. The van der Waals surface area contributed by atoms with Crippen LogP contribution in [-0.2, 0) is 25.2 Å². The number of aromatic nitrogens is 2. The number of para-hydroxylation sites is 1. The van der Waals surface area contributed by atoms with Gasteiger partial charge in [-0.05, 0) is 37.5 Å². The van der Waals surface area contributed by atoms with Gasteiger partial charge in [-0.3, -0.25) is 19.1 Å². The number of benzene rings is 2. The summed E-state index contributed by atoms with van der Waals surface area (Å²) in [4.78, 5) is 38.2. The lowest BCUT2D eigenvalue weighted by atomic mass is 10.0. The van der Waals surface area contributed by atoms with Gasteiger partial charge in [-0.25, -0.2) is 9.88 Å². The summed E-state index contributed by atoms with van der Waals surface area (Å²) in [5.74, 6) is 0.246. The van der Waals surface area contributed by atoms with Crippen LogP contribution in [0.25, 0.3) is 0 Å². The molecule has 4 atom stereocenters. The summed E-state index contributed by atoms with van der Waals surface area (Å²) in [6, 6.07) is 19.1. The molecule has 1 saturated heterocycles. The van der Waals surface area contributed by atoms with Crippen LogP contribution in [0.4, 0.5) is 0 Å². The third kappa shape index (κ3) is 8.34. The minimum atomic E-state index is -1.74. The van der Waals surface area contributed by atoms with Crippen molar-refractivity contribution >= 4 is 14.5 Å². The van der Waals surface area contributed by atoms with Crippen LogP contribution >= 0.6 is 8.53 Å². The number of hydrogen-bond acceptors (Lipinski definition) is 8. The first kappa shape index (κ1) is 28.7. The first-order chi connectivity index (χ1) is 18.8. The van der Waals surface area contributed by atoms with E-state index in [4.69, 9.17) is 18.5 Å². The van der Waals surface area contributed by atoms with Gasteiger partial charge in [-0.15, -0.1) is 0 Å². The summed E-state index contributed by atoms with van der Waals surface area (Å²) in [5, 5.41) is 3.05. The van der Waals surface area contributed by atoms with Crippen molar-refractivity contribution < 1.29 is 23.3 Å². The summed E-state index contributed by atoms with van der Waals surface area (Å²) in [6.07, 6.45) is 1.67. The van der Waals surface area contributed by atoms with Gasteiger partial charge in [0, 0.05) is 24.6 Å². The van der Waals surface area contributed by atoms with Crippen LogP contribution in [0, 0.1) is 5.92 Å². The summed E-state index contributed by atoms with van der Waals surface area (Å²) in [5.41, 5.74) is 1.14. The Balaban J connectivity index is 1.44. The smallest absolute Gasteiger partial charge is 0.330 e. The van der Waals surface area contributed by atoms with Crippen molar-refractivity contribution in [2.75, 3.05) is 13.2 Å². The lowest BCUT2D eigenvalue weighted by Gasteiger charge is -2.22. The van der Waals surface area contributed by atoms with Gasteiger partial charge in [0.1, 0.15) is 18.5 Å². The number of nitrogens with one attached hydrogen (secondary N) is 2. The summed E-state index contributed by atoms with van der Waals surface area (Å²) in [7, 11) is -1.74. The van der Waals surface area contributed by atoms with E-state index in [-0.39, 0.29) is 31.3 Å². The molecule has 0 saturated carbocycles. The summed E-state index contributed by atoms with van der Waals surface area (Å²) >= 11 is 0. The molecule has 2 N–H and O–H groups in total. The van der Waals surface area contributed by atoms with Crippen molar-refractivity contribution in [3.8, 4) is 5.75 Å². The fraction of sp³-hybridized carbons (Fsp3) is 0.393. The highest BCUT2D eigenvalue weighted by Gasteiger charge is 2.35. The van der Waals surface area contributed by atoms with Gasteiger partial charge in [-0.1, -0.05) is 55.5 Å². The highest BCUT2D eigenvalue weighted by Crippen LogP contribution is 2.40. The Bertz CT molecular complexity index is 1340. The molecule has 0 bridgehead atoms. The van der Waals surface area contributed by atoms with Crippen molar-refractivity contribution in [3.63, 3.8) is 0 Å². The van der Waals surface area contributed by atoms with E-state index in [1.807, 2.05) is 49.4 Å². The average Bonchev–Trinajstić information content (AvgIpc) is 3.27. The number of hydrogen-bond donors (Lipinski definition) is 2. The third-order valence-electron chi connectivity index (χ3n) is 6.07. The largest absolute Gasteiger partial charge is 0.462 e. The van der Waals surface area contributed by atoms with Crippen molar-refractivity contribution in [2.24, 2.45) is 5.92 Å². The topological polar surface area (TPSA) is 121 Å². The van der Waals surface area contributed by atoms with Crippen LogP contribution < -0.4 is 20.9 Å². The van der Waals surface area contributed by atoms with E-state index < -0.39 is 32.0 Å². The molecule has 10 nitrogen and oxygen atoms in total. The second-order valence-corrected chi connectivity index (χ2v) is 10.9. The van der Waals surface area contributed by atoms with Crippen molar-refractivity contribution in [1.82, 2.24) is 14.6 Å². The predicted molar refractivity (Wildman–Crippen MR) is 147 cm³/mol. The van der Waals surface area contributed by atoms with E-state index in [1.54, 1.807) is 13.8 Å². The molecule has 0 spiro atoms. The molecule has 3 aromatic rings. The SMILES string of the molecule is CC(C)OC(=O)CNP(OCC1CC(C)C(n2ccc(=O)[nH]c2=O)O1)Oc1ccccc1Cc1ccccc1. The molecule has 4 unspecified atom stereocenters. The maximum atomic E-state index is 12.3. The Morgan fingerprint density at radius 1 is 1.13 bits per heavy atom. The molecule has 0 aliphatic carbocycles. The number of aromatic amines is 1. The highest BCUT2D eigenvalue weighted by molar-refractivity contribution is 7.45.